The number of allylic oxidation sites excluding steroid dienone is 2. The van der Waals surface area contributed by atoms with Gasteiger partial charge in [-0.15, -0.1) is 0 Å². The van der Waals surface area contributed by atoms with Gasteiger partial charge in [0.05, 0.1) is 0 Å². The molecule has 1 fully saturated rings. The van der Waals surface area contributed by atoms with E-state index in [1.165, 1.54) is 19.3 Å². The first-order valence-corrected chi connectivity index (χ1v) is 4.03. The van der Waals surface area contributed by atoms with E-state index < -0.39 is 0 Å². The van der Waals surface area contributed by atoms with Crippen LogP contribution in [0.5, 0.6) is 0 Å². The molecule has 0 N–H and O–H groups in total. The molecule has 0 aromatic heterocycles. The van der Waals surface area contributed by atoms with Gasteiger partial charge in [-0.2, -0.15) is 0 Å². The molecule has 2 bridgehead atoms. The molecule has 0 aromatic rings. The molecule has 2 atom stereocenters. The average molecular weight is 122 g/mol. The summed E-state index contributed by atoms with van der Waals surface area (Å²) >= 11 is 0. The second kappa shape index (κ2) is 1.86. The van der Waals surface area contributed by atoms with Gasteiger partial charge < -0.3 is 0 Å². The molecule has 0 aromatic carbocycles. The van der Waals surface area contributed by atoms with Crippen molar-refractivity contribution in [1.82, 2.24) is 0 Å². The van der Waals surface area contributed by atoms with Crippen molar-refractivity contribution >= 4 is 0 Å². The van der Waals surface area contributed by atoms with Crippen LogP contribution in [0, 0.1) is 17.8 Å². The first kappa shape index (κ1) is 5.52. The summed E-state index contributed by atoms with van der Waals surface area (Å²) in [4.78, 5) is 0. The molecule has 0 radical (unpaired) electrons. The maximum atomic E-state index is 2.42. The summed E-state index contributed by atoms with van der Waals surface area (Å²) in [5, 5.41) is 0. The third-order valence-electron chi connectivity index (χ3n) is 2.67. The van der Waals surface area contributed by atoms with Crippen LogP contribution >= 0.6 is 0 Å². The largest absolute Gasteiger partial charge is 0.0851 e. The molecule has 0 spiro atoms. The maximum Gasteiger partial charge on any atom is -0.0225 e. The lowest BCUT2D eigenvalue weighted by atomic mass is 9.81. The molecular formula is C9H14. The topological polar surface area (TPSA) is 0 Å². The van der Waals surface area contributed by atoms with E-state index in [4.69, 9.17) is 0 Å². The maximum absolute atomic E-state index is 2.42. The van der Waals surface area contributed by atoms with Crippen LogP contribution in [0.25, 0.3) is 0 Å². The Hall–Kier alpha value is -0.260. The molecule has 1 saturated carbocycles. The van der Waals surface area contributed by atoms with Crippen LogP contribution in [-0.4, -0.2) is 0 Å². The highest BCUT2D eigenvalue weighted by Gasteiger charge is 2.27. The molecule has 2 aliphatic carbocycles. The van der Waals surface area contributed by atoms with Gasteiger partial charge >= 0.3 is 0 Å². The Kier molecular flexibility index (Phi) is 1.14. The summed E-state index contributed by atoms with van der Waals surface area (Å²) in [5.74, 6) is 2.90. The van der Waals surface area contributed by atoms with Crippen LogP contribution in [-0.2, 0) is 0 Å². The Bertz CT molecular complexity index is 121. The monoisotopic (exact) mass is 122 g/mol. The van der Waals surface area contributed by atoms with E-state index in [1.54, 1.807) is 0 Å². The van der Waals surface area contributed by atoms with Gasteiger partial charge in [-0.1, -0.05) is 19.1 Å². The number of rotatable bonds is 0. The Morgan fingerprint density at radius 2 is 1.56 bits per heavy atom. The Morgan fingerprint density at radius 1 is 1.00 bits per heavy atom. The van der Waals surface area contributed by atoms with Crippen molar-refractivity contribution in [2.45, 2.75) is 26.2 Å². The standard InChI is InChI=1S/C9H14/c1-7-4-8-2-3-9(5-7)6-8/h2-3,7-9H,4-6H2,1H3. The molecule has 0 nitrogen and oxygen atoms in total. The third kappa shape index (κ3) is 0.910. The predicted octanol–water partition coefficient (Wildman–Crippen LogP) is 2.61. The Balaban J connectivity index is 2.10. The molecule has 50 valence electrons. The number of hydrogen-bond acceptors (Lipinski definition) is 0. The van der Waals surface area contributed by atoms with Gasteiger partial charge in [-0.25, -0.2) is 0 Å². The highest BCUT2D eigenvalue weighted by Crippen LogP contribution is 2.39. The zero-order valence-electron chi connectivity index (χ0n) is 6.01. The van der Waals surface area contributed by atoms with Gasteiger partial charge in [0, 0.05) is 0 Å². The van der Waals surface area contributed by atoms with Crippen molar-refractivity contribution in [3.63, 3.8) is 0 Å². The van der Waals surface area contributed by atoms with E-state index in [0.717, 1.165) is 17.8 Å². The molecule has 2 unspecified atom stereocenters. The predicted molar refractivity (Wildman–Crippen MR) is 39.1 cm³/mol. The van der Waals surface area contributed by atoms with E-state index in [1.807, 2.05) is 0 Å². The van der Waals surface area contributed by atoms with Gasteiger partial charge in [-0.3, -0.25) is 0 Å². The summed E-state index contributed by atoms with van der Waals surface area (Å²) in [7, 11) is 0. The molecule has 0 aliphatic heterocycles. The third-order valence-corrected chi connectivity index (χ3v) is 2.67. The fourth-order valence-electron chi connectivity index (χ4n) is 2.34. The highest BCUT2D eigenvalue weighted by molar-refractivity contribution is 5.05. The van der Waals surface area contributed by atoms with Crippen molar-refractivity contribution in [3.05, 3.63) is 12.2 Å². The van der Waals surface area contributed by atoms with Crippen molar-refractivity contribution in [2.75, 3.05) is 0 Å². The fourth-order valence-corrected chi connectivity index (χ4v) is 2.34. The number of fused-ring (bicyclic) bond motifs is 2. The van der Waals surface area contributed by atoms with Crippen LogP contribution in [0.4, 0.5) is 0 Å². The first-order chi connectivity index (χ1) is 4.34. The highest BCUT2D eigenvalue weighted by atomic mass is 14.3. The lowest BCUT2D eigenvalue weighted by Crippen LogP contribution is -2.13. The van der Waals surface area contributed by atoms with E-state index in [-0.39, 0.29) is 0 Å². The smallest absolute Gasteiger partial charge is 0.0225 e. The van der Waals surface area contributed by atoms with Gasteiger partial charge in [0.2, 0.25) is 0 Å². The molecule has 9 heavy (non-hydrogen) atoms. The van der Waals surface area contributed by atoms with Gasteiger partial charge in [0.1, 0.15) is 0 Å². The molecule has 0 saturated heterocycles. The Labute approximate surface area is 57.0 Å². The second-order valence-corrected chi connectivity index (χ2v) is 3.72. The minimum atomic E-state index is 0.957. The minimum Gasteiger partial charge on any atom is -0.0851 e. The van der Waals surface area contributed by atoms with Crippen LogP contribution in [0.15, 0.2) is 12.2 Å². The van der Waals surface area contributed by atoms with Crippen LogP contribution in [0.2, 0.25) is 0 Å². The minimum absolute atomic E-state index is 0.957. The van der Waals surface area contributed by atoms with E-state index in [9.17, 15) is 0 Å². The quantitative estimate of drug-likeness (QED) is 0.433. The normalized spacial score (nSPS) is 47.9. The molecule has 2 aliphatic rings. The number of hydrogen-bond donors (Lipinski definition) is 0. The van der Waals surface area contributed by atoms with Crippen LogP contribution < -0.4 is 0 Å². The van der Waals surface area contributed by atoms with Crippen LogP contribution in [0.1, 0.15) is 26.2 Å². The van der Waals surface area contributed by atoms with E-state index in [2.05, 4.69) is 19.1 Å². The van der Waals surface area contributed by atoms with Gasteiger partial charge in [0.25, 0.3) is 0 Å². The molecular weight excluding hydrogens is 108 g/mol. The zero-order chi connectivity index (χ0) is 6.27. The van der Waals surface area contributed by atoms with E-state index >= 15 is 0 Å². The summed E-state index contributed by atoms with van der Waals surface area (Å²) in [6, 6.07) is 0. The summed E-state index contributed by atoms with van der Waals surface area (Å²) < 4.78 is 0. The van der Waals surface area contributed by atoms with Crippen molar-refractivity contribution < 1.29 is 0 Å². The lowest BCUT2D eigenvalue weighted by Gasteiger charge is -2.24. The van der Waals surface area contributed by atoms with Gasteiger partial charge in [0.15, 0.2) is 0 Å². The summed E-state index contributed by atoms with van der Waals surface area (Å²) in [6.45, 7) is 2.38. The molecule has 2 rings (SSSR count). The van der Waals surface area contributed by atoms with Crippen LogP contribution in [0.3, 0.4) is 0 Å². The van der Waals surface area contributed by atoms with Crippen molar-refractivity contribution in [1.29, 1.82) is 0 Å². The first-order valence-electron chi connectivity index (χ1n) is 4.03. The fraction of sp³-hybridized carbons (Fsp3) is 0.778. The molecule has 0 heterocycles. The SMILES string of the molecule is CC1CC2C=CC(C1)C2. The van der Waals surface area contributed by atoms with E-state index in [0.29, 0.717) is 0 Å². The van der Waals surface area contributed by atoms with Crippen molar-refractivity contribution in [3.8, 4) is 0 Å². The average Bonchev–Trinajstić information content (AvgIpc) is 2.11. The summed E-state index contributed by atoms with van der Waals surface area (Å²) in [5.41, 5.74) is 0. The van der Waals surface area contributed by atoms with Gasteiger partial charge in [-0.05, 0) is 37.0 Å². The Morgan fingerprint density at radius 3 is 2.11 bits per heavy atom. The lowest BCUT2D eigenvalue weighted by molar-refractivity contribution is 0.296. The second-order valence-electron chi connectivity index (χ2n) is 3.72. The molecule has 0 heteroatoms. The molecule has 0 amide bonds. The van der Waals surface area contributed by atoms with Crippen molar-refractivity contribution in [2.24, 2.45) is 17.8 Å². The zero-order valence-corrected chi connectivity index (χ0v) is 6.01. The summed E-state index contributed by atoms with van der Waals surface area (Å²) in [6.07, 6.45) is 9.21.